The maximum atomic E-state index is 13.4. The molecular weight excluding hydrogens is 344 g/mol. The Bertz CT molecular complexity index is 935. The van der Waals surface area contributed by atoms with Crippen LogP contribution in [0.2, 0.25) is 0 Å². The number of morpholine rings is 1. The Morgan fingerprint density at radius 1 is 1.19 bits per heavy atom. The van der Waals surface area contributed by atoms with Gasteiger partial charge in [0, 0.05) is 23.5 Å². The number of carbonyl (C=O) groups excluding carboxylic acids is 1. The number of carbonyl (C=O) groups is 2. The van der Waals surface area contributed by atoms with Crippen LogP contribution in [0.25, 0.3) is 10.9 Å². The van der Waals surface area contributed by atoms with Gasteiger partial charge in [-0.3, -0.25) is 9.78 Å². The molecular formula is C21H24N2O4. The number of pyridine rings is 1. The van der Waals surface area contributed by atoms with E-state index >= 15 is 0 Å². The van der Waals surface area contributed by atoms with Crippen LogP contribution in [0, 0.1) is 13.8 Å². The number of carboxylic acid groups (broad SMARTS) is 1. The van der Waals surface area contributed by atoms with E-state index in [0.29, 0.717) is 18.0 Å². The van der Waals surface area contributed by atoms with Crippen molar-refractivity contribution in [2.45, 2.75) is 51.7 Å². The zero-order valence-electron chi connectivity index (χ0n) is 15.9. The standard InChI is InChI=1S/C21H24N2O4/c1-11-6-12(2)19-15(7-11)16(8-17(22-19)14-4-5-14)20(24)23-9-13(3)27-18(10-23)21(25)26/h6-8,13-14,18H,4-5,9-10H2,1-3H3,(H,25,26)/t13-,18?/m1/s1. The van der Waals surface area contributed by atoms with Crippen molar-refractivity contribution in [2.24, 2.45) is 0 Å². The number of hydrogen-bond acceptors (Lipinski definition) is 4. The summed E-state index contributed by atoms with van der Waals surface area (Å²) < 4.78 is 5.46. The van der Waals surface area contributed by atoms with Gasteiger partial charge >= 0.3 is 5.97 Å². The zero-order chi connectivity index (χ0) is 19.3. The maximum absolute atomic E-state index is 13.4. The van der Waals surface area contributed by atoms with Gasteiger partial charge in [-0.25, -0.2) is 4.79 Å². The normalized spacial score (nSPS) is 22.9. The first kappa shape index (κ1) is 17.9. The summed E-state index contributed by atoms with van der Waals surface area (Å²) in [5.41, 5.74) is 4.58. The fraction of sp³-hybridized carbons (Fsp3) is 0.476. The summed E-state index contributed by atoms with van der Waals surface area (Å²) in [6, 6.07) is 5.99. The van der Waals surface area contributed by atoms with Crippen LogP contribution in [-0.4, -0.2) is 52.2 Å². The third-order valence-corrected chi connectivity index (χ3v) is 5.32. The van der Waals surface area contributed by atoms with Gasteiger partial charge in [-0.1, -0.05) is 11.6 Å². The van der Waals surface area contributed by atoms with Gasteiger partial charge in [-0.05, 0) is 51.3 Å². The second kappa shape index (κ2) is 6.60. The monoisotopic (exact) mass is 368 g/mol. The van der Waals surface area contributed by atoms with Crippen LogP contribution in [0.5, 0.6) is 0 Å². The van der Waals surface area contributed by atoms with Crippen LogP contribution in [-0.2, 0) is 9.53 Å². The molecule has 0 bridgehead atoms. The van der Waals surface area contributed by atoms with Crippen molar-refractivity contribution in [2.75, 3.05) is 13.1 Å². The highest BCUT2D eigenvalue weighted by molar-refractivity contribution is 6.07. The van der Waals surface area contributed by atoms with Crippen LogP contribution in [0.1, 0.15) is 52.9 Å². The third kappa shape index (κ3) is 3.41. The van der Waals surface area contributed by atoms with Crippen molar-refractivity contribution in [1.29, 1.82) is 0 Å². The molecule has 1 saturated carbocycles. The molecule has 2 fully saturated rings. The molecule has 4 rings (SSSR count). The van der Waals surface area contributed by atoms with Gasteiger partial charge in [0.15, 0.2) is 6.10 Å². The fourth-order valence-corrected chi connectivity index (χ4v) is 3.89. The number of amides is 1. The predicted molar refractivity (Wildman–Crippen MR) is 101 cm³/mol. The molecule has 6 heteroatoms. The predicted octanol–water partition coefficient (Wildman–Crippen LogP) is 3.04. The molecule has 27 heavy (non-hydrogen) atoms. The topological polar surface area (TPSA) is 79.7 Å². The average molecular weight is 368 g/mol. The van der Waals surface area contributed by atoms with Crippen molar-refractivity contribution in [3.63, 3.8) is 0 Å². The lowest BCUT2D eigenvalue weighted by molar-refractivity contribution is -0.160. The van der Waals surface area contributed by atoms with E-state index in [2.05, 4.69) is 6.07 Å². The molecule has 0 spiro atoms. The molecule has 2 aromatic rings. The molecule has 1 saturated heterocycles. The molecule has 1 aliphatic carbocycles. The van der Waals surface area contributed by atoms with Crippen molar-refractivity contribution in [1.82, 2.24) is 9.88 Å². The molecule has 1 aromatic heterocycles. The van der Waals surface area contributed by atoms with Gasteiger partial charge in [-0.15, -0.1) is 0 Å². The second-order valence-corrected chi connectivity index (χ2v) is 7.83. The van der Waals surface area contributed by atoms with Crippen LogP contribution in [0.3, 0.4) is 0 Å². The number of benzene rings is 1. The summed E-state index contributed by atoms with van der Waals surface area (Å²) in [6.07, 6.45) is 0.903. The Labute approximate surface area is 158 Å². The van der Waals surface area contributed by atoms with E-state index in [1.807, 2.05) is 26.0 Å². The summed E-state index contributed by atoms with van der Waals surface area (Å²) in [5.74, 6) is -0.753. The van der Waals surface area contributed by atoms with E-state index in [1.165, 1.54) is 0 Å². The fourth-order valence-electron chi connectivity index (χ4n) is 3.89. The lowest BCUT2D eigenvalue weighted by Gasteiger charge is -2.35. The molecule has 1 aliphatic heterocycles. The Kier molecular flexibility index (Phi) is 4.38. The summed E-state index contributed by atoms with van der Waals surface area (Å²) in [6.45, 7) is 6.27. The van der Waals surface area contributed by atoms with Crippen LogP contribution in [0.15, 0.2) is 18.2 Å². The molecule has 1 amide bonds. The second-order valence-electron chi connectivity index (χ2n) is 7.83. The molecule has 142 valence electrons. The van der Waals surface area contributed by atoms with E-state index in [0.717, 1.165) is 40.6 Å². The van der Waals surface area contributed by atoms with Gasteiger partial charge in [0.1, 0.15) is 0 Å². The number of aliphatic carboxylic acids is 1. The first-order valence-electron chi connectivity index (χ1n) is 9.43. The van der Waals surface area contributed by atoms with E-state index < -0.39 is 12.1 Å². The van der Waals surface area contributed by atoms with Gasteiger partial charge in [-0.2, -0.15) is 0 Å². The number of aromatic nitrogens is 1. The van der Waals surface area contributed by atoms with Gasteiger partial charge < -0.3 is 14.7 Å². The largest absolute Gasteiger partial charge is 0.479 e. The third-order valence-electron chi connectivity index (χ3n) is 5.32. The number of rotatable bonds is 3. The van der Waals surface area contributed by atoms with E-state index in [1.54, 1.807) is 11.8 Å². The van der Waals surface area contributed by atoms with E-state index in [4.69, 9.17) is 9.72 Å². The lowest BCUT2D eigenvalue weighted by Crippen LogP contribution is -2.51. The van der Waals surface area contributed by atoms with Crippen molar-refractivity contribution in [3.8, 4) is 0 Å². The average Bonchev–Trinajstić information content (AvgIpc) is 3.45. The quantitative estimate of drug-likeness (QED) is 0.901. The SMILES string of the molecule is Cc1cc(C)c2nc(C3CC3)cc(C(=O)N3CC(C(=O)O)O[C@H](C)C3)c2c1. The molecule has 6 nitrogen and oxygen atoms in total. The van der Waals surface area contributed by atoms with Gasteiger partial charge in [0.2, 0.25) is 0 Å². The zero-order valence-corrected chi connectivity index (χ0v) is 15.9. The van der Waals surface area contributed by atoms with Crippen molar-refractivity contribution >= 4 is 22.8 Å². The number of aryl methyl sites for hydroxylation is 2. The number of carboxylic acids is 1. The smallest absolute Gasteiger partial charge is 0.334 e. The molecule has 0 radical (unpaired) electrons. The summed E-state index contributed by atoms with van der Waals surface area (Å²) in [5, 5.41) is 10.2. The first-order chi connectivity index (χ1) is 12.8. The molecule has 1 unspecified atom stereocenters. The highest BCUT2D eigenvalue weighted by Crippen LogP contribution is 2.40. The number of ether oxygens (including phenoxy) is 1. The minimum absolute atomic E-state index is 0.0614. The van der Waals surface area contributed by atoms with Crippen LogP contribution < -0.4 is 0 Å². The molecule has 2 aliphatic rings. The highest BCUT2D eigenvalue weighted by Gasteiger charge is 2.34. The van der Waals surface area contributed by atoms with Crippen molar-refractivity contribution < 1.29 is 19.4 Å². The number of nitrogens with zero attached hydrogens (tertiary/aromatic N) is 2. The minimum Gasteiger partial charge on any atom is -0.479 e. The van der Waals surface area contributed by atoms with Gasteiger partial charge in [0.25, 0.3) is 5.91 Å². The van der Waals surface area contributed by atoms with E-state index in [-0.39, 0.29) is 18.6 Å². The Morgan fingerprint density at radius 3 is 2.59 bits per heavy atom. The Balaban J connectivity index is 1.79. The Hall–Kier alpha value is -2.47. The first-order valence-corrected chi connectivity index (χ1v) is 9.43. The minimum atomic E-state index is -1.04. The number of hydrogen-bond donors (Lipinski definition) is 1. The summed E-state index contributed by atoms with van der Waals surface area (Å²) >= 11 is 0. The van der Waals surface area contributed by atoms with Gasteiger partial charge in [0.05, 0.1) is 23.7 Å². The molecule has 2 atom stereocenters. The molecule has 1 N–H and O–H groups in total. The molecule has 2 heterocycles. The van der Waals surface area contributed by atoms with Crippen LogP contribution in [0.4, 0.5) is 0 Å². The number of fused-ring (bicyclic) bond motifs is 1. The maximum Gasteiger partial charge on any atom is 0.334 e. The van der Waals surface area contributed by atoms with Crippen LogP contribution >= 0.6 is 0 Å². The summed E-state index contributed by atoms with van der Waals surface area (Å²) in [4.78, 5) is 31.2. The van der Waals surface area contributed by atoms with E-state index in [9.17, 15) is 14.7 Å². The summed E-state index contributed by atoms with van der Waals surface area (Å²) in [7, 11) is 0. The molecule has 1 aromatic carbocycles. The highest BCUT2D eigenvalue weighted by atomic mass is 16.5. The van der Waals surface area contributed by atoms with Crippen molar-refractivity contribution in [3.05, 3.63) is 40.6 Å². The Morgan fingerprint density at radius 2 is 1.93 bits per heavy atom. The lowest BCUT2D eigenvalue weighted by atomic mass is 9.99.